The zero-order valence-corrected chi connectivity index (χ0v) is 42.7. The number of hydrogen-bond donors (Lipinski definition) is 6. The molecule has 0 aromatic heterocycles. The minimum Gasteiger partial charge on any atom is -0.394 e. The lowest BCUT2D eigenvalue weighted by Gasteiger charge is -2.47. The highest BCUT2D eigenvalue weighted by Crippen LogP contribution is 2.36. The number of aliphatic hydroxyl groups is 6. The predicted octanol–water partition coefficient (Wildman–Crippen LogP) is -1.54. The van der Waals surface area contributed by atoms with Crippen molar-refractivity contribution in [2.45, 2.75) is 138 Å². The lowest BCUT2D eigenvalue weighted by atomic mass is 9.79. The van der Waals surface area contributed by atoms with E-state index in [1.165, 1.54) is 21.3 Å². The molecule has 0 spiro atoms. The Kier molecular flexibility index (Phi) is 27.4. The summed E-state index contributed by atoms with van der Waals surface area (Å²) in [6.07, 6.45) is -13.0. The van der Waals surface area contributed by atoms with Crippen molar-refractivity contribution in [2.75, 3.05) is 136 Å². The molecule has 0 aromatic rings. The summed E-state index contributed by atoms with van der Waals surface area (Å²) >= 11 is 0. The van der Waals surface area contributed by atoms with E-state index in [-0.39, 0.29) is 97.7 Å². The summed E-state index contributed by atoms with van der Waals surface area (Å²) in [6.45, 7) is 8.02. The summed E-state index contributed by atoms with van der Waals surface area (Å²) < 4.78 is 95.7. The highest BCUT2D eigenvalue weighted by Gasteiger charge is 2.51. The SMILES string of the molecule is COCC1OC(COCC2C(COCC(C)O)OC(CO)C(OC)C2OC)C(O)C(OC)C1COCC1OC(COC)C(COCC2OC(COCC(C)O)C(C(C)C)C(OC)C2O)C(OC)C1O. The molecule has 4 aliphatic rings. The Morgan fingerprint density at radius 3 is 1.07 bits per heavy atom. The van der Waals surface area contributed by atoms with E-state index in [1.54, 1.807) is 42.3 Å². The molecule has 4 heterocycles. The van der Waals surface area contributed by atoms with Gasteiger partial charge in [-0.1, -0.05) is 13.8 Å². The maximum Gasteiger partial charge on any atom is 0.112 e. The Labute approximate surface area is 408 Å². The molecule has 6 N–H and O–H groups in total. The minimum atomic E-state index is -1.14. The van der Waals surface area contributed by atoms with E-state index in [9.17, 15) is 30.6 Å². The molecule has 0 amide bonds. The van der Waals surface area contributed by atoms with Gasteiger partial charge in [0.15, 0.2) is 0 Å². The third-order valence-corrected chi connectivity index (χ3v) is 13.8. The first kappa shape index (κ1) is 60.7. The quantitative estimate of drug-likeness (QED) is 0.0460. The maximum absolute atomic E-state index is 11.7. The fourth-order valence-corrected chi connectivity index (χ4v) is 10.4. The second-order valence-electron chi connectivity index (χ2n) is 19.1. The molecule has 0 aliphatic carbocycles. The Morgan fingerprint density at radius 1 is 0.377 bits per heavy atom. The van der Waals surface area contributed by atoms with E-state index in [4.69, 9.17) is 75.8 Å². The molecule has 0 bridgehead atoms. The Balaban J connectivity index is 1.36. The molecule has 22 unspecified atom stereocenters. The van der Waals surface area contributed by atoms with Crippen molar-refractivity contribution in [2.24, 2.45) is 29.6 Å². The van der Waals surface area contributed by atoms with Crippen LogP contribution in [0.2, 0.25) is 0 Å². The van der Waals surface area contributed by atoms with Crippen LogP contribution in [0, 0.1) is 29.6 Å². The number of rotatable bonds is 31. The highest BCUT2D eigenvalue weighted by atomic mass is 16.6. The van der Waals surface area contributed by atoms with Gasteiger partial charge >= 0.3 is 0 Å². The Bertz CT molecular complexity index is 1350. The number of hydrogen-bond acceptors (Lipinski definition) is 22. The Hall–Kier alpha value is -0.880. The van der Waals surface area contributed by atoms with Gasteiger partial charge in [-0.3, -0.25) is 0 Å². The molecular weight excluding hydrogens is 916 g/mol. The normalized spacial score (nSPS) is 39.7. The van der Waals surface area contributed by atoms with Gasteiger partial charge < -0.3 is 106 Å². The summed E-state index contributed by atoms with van der Waals surface area (Å²) in [5, 5.41) is 64.2. The Morgan fingerprint density at radius 2 is 0.710 bits per heavy atom. The van der Waals surface area contributed by atoms with Crippen LogP contribution in [-0.2, 0) is 75.8 Å². The van der Waals surface area contributed by atoms with Crippen molar-refractivity contribution in [1.29, 1.82) is 0 Å². The van der Waals surface area contributed by atoms with Crippen LogP contribution in [0.5, 0.6) is 0 Å². The van der Waals surface area contributed by atoms with E-state index in [1.807, 2.05) is 13.8 Å². The largest absolute Gasteiger partial charge is 0.394 e. The molecule has 0 aromatic carbocycles. The molecule has 4 saturated heterocycles. The van der Waals surface area contributed by atoms with E-state index < -0.39 is 128 Å². The molecule has 4 fully saturated rings. The van der Waals surface area contributed by atoms with Crippen LogP contribution in [0.1, 0.15) is 27.7 Å². The van der Waals surface area contributed by atoms with Crippen LogP contribution in [0.3, 0.4) is 0 Å². The lowest BCUT2D eigenvalue weighted by Crippen LogP contribution is -2.61. The fraction of sp³-hybridized carbons (Fsp3) is 1.00. The van der Waals surface area contributed by atoms with Crippen LogP contribution in [0.15, 0.2) is 0 Å². The zero-order valence-electron chi connectivity index (χ0n) is 42.7. The molecule has 4 aliphatic heterocycles. The highest BCUT2D eigenvalue weighted by molar-refractivity contribution is 4.98. The van der Waals surface area contributed by atoms with Crippen molar-refractivity contribution in [3.05, 3.63) is 0 Å². The lowest BCUT2D eigenvalue weighted by molar-refractivity contribution is -0.259. The van der Waals surface area contributed by atoms with Gasteiger partial charge in [-0.25, -0.2) is 0 Å². The second-order valence-corrected chi connectivity index (χ2v) is 19.1. The topological polar surface area (TPSA) is 269 Å². The first-order chi connectivity index (χ1) is 33.1. The van der Waals surface area contributed by atoms with Gasteiger partial charge in [-0.05, 0) is 19.8 Å². The molecule has 22 atom stereocenters. The minimum absolute atomic E-state index is 0.00541. The van der Waals surface area contributed by atoms with Crippen molar-refractivity contribution in [3.63, 3.8) is 0 Å². The average molecular weight is 1010 g/mol. The average Bonchev–Trinajstić information content (AvgIpc) is 3.31. The monoisotopic (exact) mass is 1000 g/mol. The maximum atomic E-state index is 11.7. The molecule has 22 nitrogen and oxygen atoms in total. The molecule has 0 radical (unpaired) electrons. The van der Waals surface area contributed by atoms with Gasteiger partial charge in [0.1, 0.15) is 48.8 Å². The summed E-state index contributed by atoms with van der Waals surface area (Å²) in [5.74, 6) is -1.48. The summed E-state index contributed by atoms with van der Waals surface area (Å²) in [5.41, 5.74) is 0. The van der Waals surface area contributed by atoms with Crippen molar-refractivity contribution in [1.82, 2.24) is 0 Å². The molecule has 22 heteroatoms. The van der Waals surface area contributed by atoms with Gasteiger partial charge in [0.05, 0.1) is 147 Å². The van der Waals surface area contributed by atoms with Crippen LogP contribution < -0.4 is 0 Å². The van der Waals surface area contributed by atoms with Gasteiger partial charge in [-0.15, -0.1) is 0 Å². The van der Waals surface area contributed by atoms with Crippen LogP contribution >= 0.6 is 0 Å². The van der Waals surface area contributed by atoms with E-state index >= 15 is 0 Å². The predicted molar refractivity (Wildman–Crippen MR) is 244 cm³/mol. The molecular formula is C47H88O22. The first-order valence-corrected chi connectivity index (χ1v) is 24.3. The molecule has 69 heavy (non-hydrogen) atoms. The summed E-state index contributed by atoms with van der Waals surface area (Å²) in [6, 6.07) is 0. The summed E-state index contributed by atoms with van der Waals surface area (Å²) in [4.78, 5) is 0. The summed E-state index contributed by atoms with van der Waals surface area (Å²) in [7, 11) is 10.7. The van der Waals surface area contributed by atoms with Crippen LogP contribution in [0.25, 0.3) is 0 Å². The third kappa shape index (κ3) is 16.6. The van der Waals surface area contributed by atoms with Crippen LogP contribution in [0.4, 0.5) is 0 Å². The third-order valence-electron chi connectivity index (χ3n) is 13.8. The zero-order chi connectivity index (χ0) is 50.8. The smallest absolute Gasteiger partial charge is 0.112 e. The fourth-order valence-electron chi connectivity index (χ4n) is 10.4. The molecule has 408 valence electrons. The van der Waals surface area contributed by atoms with E-state index in [0.717, 1.165) is 0 Å². The first-order valence-electron chi connectivity index (χ1n) is 24.3. The molecule has 0 saturated carbocycles. The number of methoxy groups -OCH3 is 7. The second kappa shape index (κ2) is 31.1. The number of ether oxygens (including phenoxy) is 16. The number of aliphatic hydroxyl groups excluding tert-OH is 6. The van der Waals surface area contributed by atoms with Gasteiger partial charge in [-0.2, -0.15) is 0 Å². The van der Waals surface area contributed by atoms with Crippen LogP contribution in [-0.4, -0.2) is 276 Å². The van der Waals surface area contributed by atoms with Crippen molar-refractivity contribution >= 4 is 0 Å². The standard InChI is InChI=1S/C47H88O22/c1-25(2)39-35(21-62-14-27(4)50)69-38(42(53)47(39)60-11)24-64-16-29-33(19-55-6)67-36(40(51)44(29)57-8)22-63-15-28-32(18-54-5)68-37(41(52)43(28)56-7)23-65-17-30-34(20-61-13-26(3)49)66-31(12-48)46(59-10)45(30)58-9/h25-53H,12-24H2,1-11H3. The van der Waals surface area contributed by atoms with Gasteiger partial charge in [0.2, 0.25) is 0 Å². The van der Waals surface area contributed by atoms with Gasteiger partial charge in [0.25, 0.3) is 0 Å². The van der Waals surface area contributed by atoms with Crippen molar-refractivity contribution in [3.8, 4) is 0 Å². The van der Waals surface area contributed by atoms with E-state index in [2.05, 4.69) is 0 Å². The van der Waals surface area contributed by atoms with Crippen molar-refractivity contribution < 1.29 is 106 Å². The van der Waals surface area contributed by atoms with Gasteiger partial charge in [0, 0.05) is 73.4 Å². The van der Waals surface area contributed by atoms with E-state index in [0.29, 0.717) is 0 Å². The molecule has 4 rings (SSSR count).